The van der Waals surface area contributed by atoms with Gasteiger partial charge >= 0.3 is 0 Å². The van der Waals surface area contributed by atoms with Gasteiger partial charge in [-0.25, -0.2) is 4.68 Å². The standard InChI is InChI=1S/C8H17N5S/c1-7(9)5-3-4-6-14-8-10-11-12-13(8)2/h7H,3-6,9H2,1-2H3. The highest BCUT2D eigenvalue weighted by Gasteiger charge is 2.02. The lowest BCUT2D eigenvalue weighted by molar-refractivity contribution is 0.617. The van der Waals surface area contributed by atoms with E-state index in [0.29, 0.717) is 6.04 Å². The molecule has 0 aromatic carbocycles. The smallest absolute Gasteiger partial charge is 0.209 e. The van der Waals surface area contributed by atoms with Crippen molar-refractivity contribution in [1.29, 1.82) is 0 Å². The molecular weight excluding hydrogens is 198 g/mol. The van der Waals surface area contributed by atoms with Crippen LogP contribution < -0.4 is 5.73 Å². The van der Waals surface area contributed by atoms with Crippen LogP contribution in [0.15, 0.2) is 5.16 Å². The van der Waals surface area contributed by atoms with Crippen molar-refractivity contribution in [3.05, 3.63) is 0 Å². The fourth-order valence-corrected chi connectivity index (χ4v) is 1.92. The van der Waals surface area contributed by atoms with E-state index in [-0.39, 0.29) is 0 Å². The molecule has 0 radical (unpaired) electrons. The summed E-state index contributed by atoms with van der Waals surface area (Å²) in [6.45, 7) is 2.04. The van der Waals surface area contributed by atoms with E-state index in [2.05, 4.69) is 15.5 Å². The zero-order valence-electron chi connectivity index (χ0n) is 8.68. The lowest BCUT2D eigenvalue weighted by Crippen LogP contribution is -2.14. The molecule has 1 unspecified atom stereocenters. The van der Waals surface area contributed by atoms with Gasteiger partial charge in [0.25, 0.3) is 0 Å². The van der Waals surface area contributed by atoms with E-state index >= 15 is 0 Å². The van der Waals surface area contributed by atoms with Crippen LogP contribution in [0.1, 0.15) is 26.2 Å². The average molecular weight is 215 g/mol. The Hall–Kier alpha value is -0.620. The van der Waals surface area contributed by atoms with E-state index in [4.69, 9.17) is 5.73 Å². The third-order valence-electron chi connectivity index (χ3n) is 1.87. The normalized spacial score (nSPS) is 13.1. The minimum absolute atomic E-state index is 0.316. The van der Waals surface area contributed by atoms with Crippen molar-refractivity contribution in [3.63, 3.8) is 0 Å². The Balaban J connectivity index is 2.08. The van der Waals surface area contributed by atoms with Crippen molar-refractivity contribution in [2.75, 3.05) is 5.75 Å². The summed E-state index contributed by atoms with van der Waals surface area (Å²) in [5, 5.41) is 12.1. The van der Waals surface area contributed by atoms with E-state index < -0.39 is 0 Å². The zero-order chi connectivity index (χ0) is 10.4. The monoisotopic (exact) mass is 215 g/mol. The topological polar surface area (TPSA) is 69.6 Å². The molecular formula is C8H17N5S. The van der Waals surface area contributed by atoms with Crippen LogP contribution in [0.25, 0.3) is 0 Å². The number of rotatable bonds is 6. The summed E-state index contributed by atoms with van der Waals surface area (Å²) in [7, 11) is 1.85. The largest absolute Gasteiger partial charge is 0.328 e. The van der Waals surface area contributed by atoms with E-state index in [1.807, 2.05) is 14.0 Å². The Morgan fingerprint density at radius 1 is 1.50 bits per heavy atom. The Kier molecular flexibility index (Phi) is 4.89. The first-order valence-corrected chi connectivity index (χ1v) is 5.79. The summed E-state index contributed by atoms with van der Waals surface area (Å²) in [5.41, 5.74) is 5.65. The fourth-order valence-electron chi connectivity index (χ4n) is 1.08. The number of nitrogens with two attached hydrogens (primary N) is 1. The first-order chi connectivity index (χ1) is 6.70. The van der Waals surface area contributed by atoms with Crippen LogP contribution in [0.5, 0.6) is 0 Å². The number of aromatic nitrogens is 4. The molecule has 0 saturated heterocycles. The second-order valence-corrected chi connectivity index (χ2v) is 4.47. The molecule has 1 aromatic heterocycles. The highest BCUT2D eigenvalue weighted by Crippen LogP contribution is 2.14. The van der Waals surface area contributed by atoms with Gasteiger partial charge in [0.15, 0.2) is 0 Å². The molecule has 14 heavy (non-hydrogen) atoms. The van der Waals surface area contributed by atoms with Crippen molar-refractivity contribution in [2.24, 2.45) is 12.8 Å². The second kappa shape index (κ2) is 5.98. The van der Waals surface area contributed by atoms with E-state index in [0.717, 1.165) is 17.3 Å². The molecule has 0 aliphatic rings. The van der Waals surface area contributed by atoms with Crippen LogP contribution in [0.2, 0.25) is 0 Å². The Bertz CT molecular complexity index is 260. The summed E-state index contributed by atoms with van der Waals surface area (Å²) in [5.74, 6) is 1.06. The lowest BCUT2D eigenvalue weighted by atomic mass is 10.2. The number of hydrogen-bond donors (Lipinski definition) is 1. The van der Waals surface area contributed by atoms with Gasteiger partial charge in [-0.2, -0.15) is 0 Å². The maximum Gasteiger partial charge on any atom is 0.209 e. The van der Waals surface area contributed by atoms with Crippen LogP contribution in [-0.4, -0.2) is 32.0 Å². The molecule has 1 heterocycles. The Labute approximate surface area is 88.4 Å². The van der Waals surface area contributed by atoms with Gasteiger partial charge in [-0.05, 0) is 30.2 Å². The fraction of sp³-hybridized carbons (Fsp3) is 0.875. The molecule has 0 bridgehead atoms. The molecule has 0 saturated carbocycles. The molecule has 80 valence electrons. The molecule has 0 aliphatic carbocycles. The zero-order valence-corrected chi connectivity index (χ0v) is 9.50. The van der Waals surface area contributed by atoms with Crippen molar-refractivity contribution in [3.8, 4) is 0 Å². The number of thioether (sulfide) groups is 1. The molecule has 5 nitrogen and oxygen atoms in total. The van der Waals surface area contributed by atoms with Crippen molar-refractivity contribution in [1.82, 2.24) is 20.2 Å². The number of nitrogens with zero attached hydrogens (tertiary/aromatic N) is 4. The van der Waals surface area contributed by atoms with Gasteiger partial charge in [0.2, 0.25) is 5.16 Å². The third kappa shape index (κ3) is 4.06. The molecule has 0 aliphatic heterocycles. The molecule has 1 aromatic rings. The van der Waals surface area contributed by atoms with Crippen molar-refractivity contribution >= 4 is 11.8 Å². The number of aryl methyl sites for hydroxylation is 1. The summed E-state index contributed by atoms with van der Waals surface area (Å²) in [6.07, 6.45) is 3.44. The minimum Gasteiger partial charge on any atom is -0.328 e. The first-order valence-electron chi connectivity index (χ1n) is 4.81. The molecule has 0 spiro atoms. The van der Waals surface area contributed by atoms with Gasteiger partial charge in [0, 0.05) is 18.8 Å². The Morgan fingerprint density at radius 2 is 2.29 bits per heavy atom. The van der Waals surface area contributed by atoms with Gasteiger partial charge in [-0.3, -0.25) is 0 Å². The van der Waals surface area contributed by atoms with Crippen LogP contribution in [0.3, 0.4) is 0 Å². The van der Waals surface area contributed by atoms with Gasteiger partial charge in [-0.1, -0.05) is 18.2 Å². The Morgan fingerprint density at radius 3 is 2.86 bits per heavy atom. The first kappa shape index (κ1) is 11.5. The summed E-state index contributed by atoms with van der Waals surface area (Å²) < 4.78 is 1.69. The highest BCUT2D eigenvalue weighted by atomic mass is 32.2. The minimum atomic E-state index is 0.316. The molecule has 1 rings (SSSR count). The summed E-state index contributed by atoms with van der Waals surface area (Å²) in [4.78, 5) is 0. The van der Waals surface area contributed by atoms with Gasteiger partial charge in [0.05, 0.1) is 0 Å². The van der Waals surface area contributed by atoms with Gasteiger partial charge in [0.1, 0.15) is 0 Å². The van der Waals surface area contributed by atoms with Gasteiger partial charge in [-0.15, -0.1) is 5.10 Å². The second-order valence-electron chi connectivity index (χ2n) is 3.41. The third-order valence-corrected chi connectivity index (χ3v) is 2.96. The molecule has 1 atom stereocenters. The highest BCUT2D eigenvalue weighted by molar-refractivity contribution is 7.99. The van der Waals surface area contributed by atoms with Crippen LogP contribution in [0.4, 0.5) is 0 Å². The van der Waals surface area contributed by atoms with Crippen LogP contribution in [0, 0.1) is 0 Å². The van der Waals surface area contributed by atoms with Crippen LogP contribution in [-0.2, 0) is 7.05 Å². The lowest BCUT2D eigenvalue weighted by Gasteiger charge is -2.03. The van der Waals surface area contributed by atoms with E-state index in [1.165, 1.54) is 12.8 Å². The number of unbranched alkanes of at least 4 members (excludes halogenated alkanes) is 1. The molecule has 6 heteroatoms. The molecule has 0 amide bonds. The molecule has 0 fully saturated rings. The maximum atomic E-state index is 5.65. The van der Waals surface area contributed by atoms with Crippen molar-refractivity contribution < 1.29 is 0 Å². The van der Waals surface area contributed by atoms with E-state index in [9.17, 15) is 0 Å². The SMILES string of the molecule is CC(N)CCCCSc1nnnn1C. The van der Waals surface area contributed by atoms with Crippen LogP contribution >= 0.6 is 11.8 Å². The quantitative estimate of drug-likeness (QED) is 0.562. The van der Waals surface area contributed by atoms with E-state index in [1.54, 1.807) is 16.4 Å². The van der Waals surface area contributed by atoms with Crippen molar-refractivity contribution in [2.45, 2.75) is 37.4 Å². The summed E-state index contributed by atoms with van der Waals surface area (Å²) >= 11 is 1.69. The summed E-state index contributed by atoms with van der Waals surface area (Å²) in [6, 6.07) is 0.316. The average Bonchev–Trinajstić information content (AvgIpc) is 2.51. The predicted molar refractivity (Wildman–Crippen MR) is 57.0 cm³/mol. The number of hydrogen-bond acceptors (Lipinski definition) is 5. The van der Waals surface area contributed by atoms with Gasteiger partial charge < -0.3 is 5.73 Å². The number of tetrazole rings is 1. The maximum absolute atomic E-state index is 5.65. The molecule has 2 N–H and O–H groups in total. The predicted octanol–water partition coefficient (Wildman–Crippen LogP) is 0.820.